The number of hydrogen-bond acceptors (Lipinski definition) is 4. The van der Waals surface area contributed by atoms with Crippen LogP contribution in [0.5, 0.6) is 0 Å². The topological polar surface area (TPSA) is 65.8 Å². The number of hydrogen-bond donors (Lipinski definition) is 1. The molecule has 0 bridgehead atoms. The molecule has 0 aliphatic heterocycles. The van der Waals surface area contributed by atoms with E-state index in [2.05, 4.69) is 35.7 Å². The van der Waals surface area contributed by atoms with Crippen molar-refractivity contribution in [2.45, 2.75) is 56.2 Å². The maximum atomic E-state index is 12.8. The smallest absolute Gasteiger partial charge is 0.237 e. The molecule has 3 aromatic rings. The fourth-order valence-electron chi connectivity index (χ4n) is 4.15. The fraction of sp³-hybridized carbons (Fsp3) is 0.296. The van der Waals surface area contributed by atoms with Gasteiger partial charge >= 0.3 is 0 Å². The number of anilines is 1. The fourth-order valence-corrected chi connectivity index (χ4v) is 5.05. The number of nitrogens with zero attached hydrogens (tertiary/aromatic N) is 2. The minimum Gasteiger partial charge on any atom is -0.325 e. The predicted molar refractivity (Wildman–Crippen MR) is 130 cm³/mol. The zero-order chi connectivity index (χ0) is 22.7. The minimum atomic E-state index is -0.367. The zero-order valence-corrected chi connectivity index (χ0v) is 19.5. The van der Waals surface area contributed by atoms with Gasteiger partial charge in [-0.05, 0) is 80.3 Å². The van der Waals surface area contributed by atoms with E-state index in [1.54, 1.807) is 0 Å². The van der Waals surface area contributed by atoms with Crippen LogP contribution in [0.15, 0.2) is 59.6 Å². The van der Waals surface area contributed by atoms with Gasteiger partial charge in [0.05, 0.1) is 10.8 Å². The first kappa shape index (κ1) is 22.1. The van der Waals surface area contributed by atoms with E-state index in [1.807, 2.05) is 51.1 Å². The summed E-state index contributed by atoms with van der Waals surface area (Å²) in [5.41, 5.74) is 7.05. The van der Waals surface area contributed by atoms with Gasteiger partial charge in [-0.15, -0.1) is 0 Å². The van der Waals surface area contributed by atoms with Gasteiger partial charge in [-0.25, -0.2) is 4.98 Å². The quantitative estimate of drug-likeness (QED) is 0.496. The lowest BCUT2D eigenvalue weighted by molar-refractivity contribution is -0.115. The van der Waals surface area contributed by atoms with Gasteiger partial charge in [-0.2, -0.15) is 5.26 Å². The Labute approximate surface area is 194 Å². The maximum absolute atomic E-state index is 12.8. The van der Waals surface area contributed by atoms with Gasteiger partial charge in [0.1, 0.15) is 11.1 Å². The second-order valence-corrected chi connectivity index (χ2v) is 9.81. The third-order valence-corrected chi connectivity index (χ3v) is 7.15. The zero-order valence-electron chi connectivity index (χ0n) is 18.7. The number of benzene rings is 2. The first-order valence-corrected chi connectivity index (χ1v) is 11.8. The molecule has 1 aliphatic rings. The monoisotopic (exact) mass is 441 g/mol. The van der Waals surface area contributed by atoms with E-state index < -0.39 is 0 Å². The second-order valence-electron chi connectivity index (χ2n) is 8.48. The van der Waals surface area contributed by atoms with E-state index in [9.17, 15) is 10.1 Å². The predicted octanol–water partition coefficient (Wildman–Crippen LogP) is 5.96. The molecule has 1 amide bonds. The molecule has 0 spiro atoms. The molecule has 0 radical (unpaired) electrons. The SMILES string of the molecule is Cc1ccc(C)c(NC(=O)C(C)Sc2nc3c(cc2C#N)CC(c2ccccc2)CC3)c1. The van der Waals surface area contributed by atoms with Crippen molar-refractivity contribution < 1.29 is 4.79 Å². The van der Waals surface area contributed by atoms with E-state index in [1.165, 1.54) is 17.3 Å². The first-order valence-electron chi connectivity index (χ1n) is 11.0. The number of aromatic nitrogens is 1. The summed E-state index contributed by atoms with van der Waals surface area (Å²) in [6, 6.07) is 20.8. The summed E-state index contributed by atoms with van der Waals surface area (Å²) in [6.07, 6.45) is 2.83. The van der Waals surface area contributed by atoms with Crippen LogP contribution in [0.2, 0.25) is 0 Å². The van der Waals surface area contributed by atoms with Crippen LogP contribution in [0.25, 0.3) is 0 Å². The molecule has 2 unspecified atom stereocenters. The van der Waals surface area contributed by atoms with E-state index in [-0.39, 0.29) is 11.2 Å². The Morgan fingerprint density at radius 3 is 2.72 bits per heavy atom. The average molecular weight is 442 g/mol. The van der Waals surface area contributed by atoms with Crippen molar-refractivity contribution in [3.05, 3.63) is 88.1 Å². The standard InChI is InChI=1S/C27H27N3OS/c1-17-9-10-18(2)25(13-17)29-26(31)19(3)32-27-23(16-28)15-22-14-21(11-12-24(22)30-27)20-7-5-4-6-8-20/h4-10,13,15,19,21H,11-12,14H2,1-3H3,(H,29,31). The lowest BCUT2D eigenvalue weighted by Crippen LogP contribution is -2.23. The molecule has 5 heteroatoms. The molecule has 1 N–H and O–H groups in total. The van der Waals surface area contributed by atoms with Gasteiger partial charge in [0.2, 0.25) is 5.91 Å². The highest BCUT2D eigenvalue weighted by atomic mass is 32.2. The second kappa shape index (κ2) is 9.58. The molecule has 162 valence electrons. The van der Waals surface area contributed by atoms with Gasteiger partial charge in [0, 0.05) is 11.4 Å². The van der Waals surface area contributed by atoms with Crippen molar-refractivity contribution in [2.75, 3.05) is 5.32 Å². The van der Waals surface area contributed by atoms with Crippen molar-refractivity contribution in [1.82, 2.24) is 4.98 Å². The molecule has 0 saturated heterocycles. The van der Waals surface area contributed by atoms with Crippen molar-refractivity contribution in [3.8, 4) is 6.07 Å². The molecule has 2 aromatic carbocycles. The Bertz CT molecular complexity index is 1180. The molecule has 1 aromatic heterocycles. The molecule has 0 fully saturated rings. The van der Waals surface area contributed by atoms with Crippen LogP contribution in [0.1, 0.15) is 52.8 Å². The van der Waals surface area contributed by atoms with Crippen molar-refractivity contribution in [2.24, 2.45) is 0 Å². The maximum Gasteiger partial charge on any atom is 0.237 e. The van der Waals surface area contributed by atoms with Crippen LogP contribution in [0, 0.1) is 25.2 Å². The number of fused-ring (bicyclic) bond motifs is 1. The lowest BCUT2D eigenvalue weighted by atomic mass is 9.82. The molecular formula is C27H27N3OS. The molecule has 2 atom stereocenters. The highest BCUT2D eigenvalue weighted by Gasteiger charge is 2.25. The van der Waals surface area contributed by atoms with Gasteiger partial charge in [0.25, 0.3) is 0 Å². The average Bonchev–Trinajstić information content (AvgIpc) is 2.81. The van der Waals surface area contributed by atoms with Crippen LogP contribution in [0.4, 0.5) is 5.69 Å². The highest BCUT2D eigenvalue weighted by Crippen LogP contribution is 2.35. The van der Waals surface area contributed by atoms with E-state index >= 15 is 0 Å². The molecule has 0 saturated carbocycles. The van der Waals surface area contributed by atoms with Gasteiger partial charge in [-0.3, -0.25) is 4.79 Å². The Hall–Kier alpha value is -3.10. The van der Waals surface area contributed by atoms with Crippen LogP contribution in [-0.2, 0) is 17.6 Å². The Morgan fingerprint density at radius 1 is 1.19 bits per heavy atom. The minimum absolute atomic E-state index is 0.0868. The summed E-state index contributed by atoms with van der Waals surface area (Å²) in [7, 11) is 0. The number of amides is 1. The molecule has 1 heterocycles. The van der Waals surface area contributed by atoms with Crippen molar-refractivity contribution in [1.29, 1.82) is 5.26 Å². The van der Waals surface area contributed by atoms with E-state index in [0.29, 0.717) is 16.5 Å². The van der Waals surface area contributed by atoms with Gasteiger partial charge < -0.3 is 5.32 Å². The van der Waals surface area contributed by atoms with Crippen LogP contribution in [0.3, 0.4) is 0 Å². The first-order chi connectivity index (χ1) is 15.4. The summed E-state index contributed by atoms with van der Waals surface area (Å²) >= 11 is 1.36. The third kappa shape index (κ3) is 4.87. The summed E-state index contributed by atoms with van der Waals surface area (Å²) < 4.78 is 0. The van der Waals surface area contributed by atoms with Crippen LogP contribution in [-0.4, -0.2) is 16.1 Å². The van der Waals surface area contributed by atoms with E-state index in [4.69, 9.17) is 4.98 Å². The summed E-state index contributed by atoms with van der Waals surface area (Å²) in [4.78, 5) is 17.7. The Balaban J connectivity index is 1.50. The number of carbonyl (C=O) groups excluding carboxylic acids is 1. The lowest BCUT2D eigenvalue weighted by Gasteiger charge is -2.25. The number of rotatable bonds is 5. The highest BCUT2D eigenvalue weighted by molar-refractivity contribution is 8.00. The number of pyridine rings is 1. The molecular weight excluding hydrogens is 414 g/mol. The van der Waals surface area contributed by atoms with Crippen LogP contribution >= 0.6 is 11.8 Å². The number of aryl methyl sites for hydroxylation is 3. The normalized spacial score (nSPS) is 16.0. The molecule has 4 rings (SSSR count). The molecule has 4 nitrogen and oxygen atoms in total. The molecule has 1 aliphatic carbocycles. The number of nitriles is 1. The van der Waals surface area contributed by atoms with Gasteiger partial charge in [-0.1, -0.05) is 54.2 Å². The Morgan fingerprint density at radius 2 is 1.97 bits per heavy atom. The summed E-state index contributed by atoms with van der Waals surface area (Å²) in [5, 5.41) is 13.1. The number of thioether (sulfide) groups is 1. The Kier molecular flexibility index (Phi) is 6.62. The number of nitrogens with one attached hydrogen (secondary N) is 1. The number of carbonyl (C=O) groups is 1. The van der Waals surface area contributed by atoms with Crippen molar-refractivity contribution in [3.63, 3.8) is 0 Å². The molecule has 32 heavy (non-hydrogen) atoms. The van der Waals surface area contributed by atoms with Crippen molar-refractivity contribution >= 4 is 23.4 Å². The summed E-state index contributed by atoms with van der Waals surface area (Å²) in [6.45, 7) is 5.85. The third-order valence-electron chi connectivity index (χ3n) is 6.05. The van der Waals surface area contributed by atoms with E-state index in [0.717, 1.165) is 47.3 Å². The van der Waals surface area contributed by atoms with Gasteiger partial charge in [0.15, 0.2) is 0 Å². The largest absolute Gasteiger partial charge is 0.325 e. The summed E-state index contributed by atoms with van der Waals surface area (Å²) in [5.74, 6) is 0.370. The van der Waals surface area contributed by atoms with Crippen LogP contribution < -0.4 is 5.32 Å².